The van der Waals surface area contributed by atoms with Crippen LogP contribution in [0.4, 0.5) is 0 Å². The van der Waals surface area contributed by atoms with Crippen molar-refractivity contribution in [2.24, 2.45) is 0 Å². The smallest absolute Gasteiger partial charge is 0.775 e. The van der Waals surface area contributed by atoms with E-state index < -0.39 is 57.2 Å². The third-order valence-electron chi connectivity index (χ3n) is 1.13. The van der Waals surface area contributed by atoms with Crippen LogP contribution in [-0.4, -0.2) is 35.8 Å². The van der Waals surface area contributed by atoms with E-state index in [-0.39, 0.29) is 206 Å². The molecular weight excluding hydrogens is 520 g/mol. The minimum Gasteiger partial charge on any atom is -0.775 e. The molecule has 0 aliphatic heterocycles. The molecule has 0 bridgehead atoms. The summed E-state index contributed by atoms with van der Waals surface area (Å²) < 4.78 is 46.9. The van der Waals surface area contributed by atoms with Gasteiger partial charge >= 0.3 is 222 Å². The molecule has 0 heterocycles. The molecule has 20 heteroatoms. The maximum Gasteiger partial charge on any atom is 1.00 e. The van der Waals surface area contributed by atoms with E-state index in [0.29, 0.717) is 0 Å². The topological polar surface area (TPSA) is 219 Å². The molecule has 0 saturated carbocycles. The van der Waals surface area contributed by atoms with Crippen LogP contribution in [0.25, 0.3) is 0 Å². The van der Waals surface area contributed by atoms with E-state index >= 15 is 0 Å². The predicted molar refractivity (Wildman–Crippen MR) is 56.5 cm³/mol. The van der Waals surface area contributed by atoms with E-state index in [1.807, 2.05) is 0 Å². The Bertz CT molecular complexity index is 384. The van der Waals surface area contributed by atoms with Crippen LogP contribution in [0.15, 0.2) is 0 Å². The average molecular weight is 530 g/mol. The summed E-state index contributed by atoms with van der Waals surface area (Å²) in [6, 6.07) is 0. The number of aliphatic hydroxyl groups excluding tert-OH is 2. The molecule has 0 aliphatic carbocycles. The number of hydrogen-bond acceptors (Lipinski definition) is 12. The number of rotatable bonds is 8. The fraction of sp³-hybridized carbons (Fsp3) is 1.00. The SMILES string of the molecule is O=[P+]([O-])OP(=O)([O-])CCO.O=[P+]([O-])OP(=O)([O-])CCO.[K+].[K+].[K+].[K+]. The summed E-state index contributed by atoms with van der Waals surface area (Å²) in [7, 11) is -15.5. The van der Waals surface area contributed by atoms with Crippen molar-refractivity contribution in [2.75, 3.05) is 25.5 Å². The van der Waals surface area contributed by atoms with E-state index in [1.165, 1.54) is 0 Å². The summed E-state index contributed by atoms with van der Waals surface area (Å²) in [5.41, 5.74) is 0. The van der Waals surface area contributed by atoms with Crippen LogP contribution < -0.4 is 225 Å². The maximum absolute atomic E-state index is 10.3. The van der Waals surface area contributed by atoms with Crippen molar-refractivity contribution in [1.82, 2.24) is 0 Å². The zero-order chi connectivity index (χ0) is 16.4. The minimum absolute atomic E-state index is 0. The largest absolute Gasteiger partial charge is 1.00 e. The Balaban J connectivity index is -0.0000000579. The Morgan fingerprint density at radius 3 is 1.08 bits per heavy atom. The van der Waals surface area contributed by atoms with Crippen molar-refractivity contribution in [1.29, 1.82) is 0 Å². The molecule has 0 aromatic carbocycles. The first-order valence-electron chi connectivity index (χ1n) is 4.46. The molecule has 12 nitrogen and oxygen atoms in total. The van der Waals surface area contributed by atoms with Crippen molar-refractivity contribution >= 4 is 31.7 Å². The average Bonchev–Trinajstić information content (AvgIpc) is 2.12. The third kappa shape index (κ3) is 36.3. The molecule has 0 amide bonds. The first-order valence-corrected chi connectivity index (χ1v) is 10.1. The second-order valence-electron chi connectivity index (χ2n) is 2.73. The van der Waals surface area contributed by atoms with Crippen LogP contribution in [0, 0.1) is 0 Å². The monoisotopic (exact) mass is 530 g/mol. The molecule has 0 saturated heterocycles. The van der Waals surface area contributed by atoms with Crippen LogP contribution in [0.3, 0.4) is 0 Å². The summed E-state index contributed by atoms with van der Waals surface area (Å²) in [6.07, 6.45) is -1.37. The van der Waals surface area contributed by atoms with E-state index in [2.05, 4.69) is 8.62 Å². The van der Waals surface area contributed by atoms with E-state index in [1.54, 1.807) is 0 Å². The molecule has 0 radical (unpaired) electrons. The van der Waals surface area contributed by atoms with E-state index in [4.69, 9.17) is 10.2 Å². The maximum atomic E-state index is 10.3. The van der Waals surface area contributed by atoms with Gasteiger partial charge in [-0.25, -0.2) is 0 Å². The van der Waals surface area contributed by atoms with Crippen molar-refractivity contribution in [3.8, 4) is 0 Å². The van der Waals surface area contributed by atoms with Crippen molar-refractivity contribution in [2.45, 2.75) is 0 Å². The summed E-state index contributed by atoms with van der Waals surface area (Å²) >= 11 is 0. The molecule has 0 spiro atoms. The van der Waals surface area contributed by atoms with E-state index in [9.17, 15) is 37.8 Å². The normalized spacial score (nSPS) is 15.1. The van der Waals surface area contributed by atoms with Crippen molar-refractivity contribution in [3.05, 3.63) is 0 Å². The van der Waals surface area contributed by atoms with Gasteiger partial charge in [-0.2, -0.15) is 0 Å². The molecule has 4 atom stereocenters. The minimum atomic E-state index is -4.34. The van der Waals surface area contributed by atoms with Gasteiger partial charge in [0.25, 0.3) is 0 Å². The van der Waals surface area contributed by atoms with Gasteiger partial charge in [0.05, 0.1) is 13.2 Å². The molecule has 4 unspecified atom stereocenters. The van der Waals surface area contributed by atoms with Gasteiger partial charge < -0.3 is 38.9 Å². The molecule has 0 fully saturated rings. The van der Waals surface area contributed by atoms with Crippen LogP contribution >= 0.6 is 31.7 Å². The first-order chi connectivity index (χ1) is 8.95. The standard InChI is InChI=1S/2C2H6O6P2.4K/c2*3-1-2-10(6,7)8-9(4)5;;;;/h2*3H,1-2H2,(H,6,7);;;;/q;;4*+1/p-2. The van der Waals surface area contributed by atoms with Gasteiger partial charge in [-0.05, 0) is 9.13 Å². The Labute approximate surface area is 310 Å². The summed E-state index contributed by atoms with van der Waals surface area (Å²) in [4.78, 5) is 39.9. The molecule has 0 aromatic rings. The van der Waals surface area contributed by atoms with Gasteiger partial charge in [0.2, 0.25) is 0 Å². The van der Waals surface area contributed by atoms with E-state index in [0.717, 1.165) is 0 Å². The number of aliphatic hydroxyl groups is 2. The van der Waals surface area contributed by atoms with Crippen LogP contribution in [0.2, 0.25) is 0 Å². The zero-order valence-electron chi connectivity index (χ0n) is 13.6. The molecule has 24 heavy (non-hydrogen) atoms. The summed E-state index contributed by atoms with van der Waals surface area (Å²) in [6.45, 7) is -1.30. The van der Waals surface area contributed by atoms with Gasteiger partial charge in [0, 0.05) is 12.3 Å². The Hall–Kier alpha value is 6.89. The van der Waals surface area contributed by atoms with Gasteiger partial charge in [-0.3, -0.25) is 0 Å². The van der Waals surface area contributed by atoms with Gasteiger partial charge in [0.1, 0.15) is 0 Å². The van der Waals surface area contributed by atoms with Crippen molar-refractivity contribution in [3.63, 3.8) is 0 Å². The van der Waals surface area contributed by atoms with Crippen molar-refractivity contribution < 1.29 is 262 Å². The van der Waals surface area contributed by atoms with Gasteiger partial charge in [-0.15, -0.1) is 8.62 Å². The second kappa shape index (κ2) is 26.1. The van der Waals surface area contributed by atoms with Gasteiger partial charge in [-0.1, -0.05) is 0 Å². The molecule has 120 valence electrons. The van der Waals surface area contributed by atoms with Gasteiger partial charge in [0.15, 0.2) is 15.2 Å². The summed E-state index contributed by atoms with van der Waals surface area (Å²) in [5, 5.41) is 16.1. The Kier molecular flexibility index (Phi) is 48.5. The number of hydrogen-bond donors (Lipinski definition) is 2. The third-order valence-corrected chi connectivity index (χ3v) is 5.68. The quantitative estimate of drug-likeness (QED) is 0.221. The van der Waals surface area contributed by atoms with Crippen LogP contribution in [-0.2, 0) is 26.9 Å². The summed E-state index contributed by atoms with van der Waals surface area (Å²) in [5.74, 6) is 0. The fourth-order valence-electron chi connectivity index (χ4n) is 0.530. The zero-order valence-corrected chi connectivity index (χ0v) is 29.7. The predicted octanol–water partition coefficient (Wildman–Crippen LogP) is -14.9. The first kappa shape index (κ1) is 44.5. The molecule has 0 aromatic heterocycles. The Morgan fingerprint density at radius 2 is 0.958 bits per heavy atom. The molecule has 0 rings (SSSR count). The Morgan fingerprint density at radius 1 is 0.750 bits per heavy atom. The fourth-order valence-corrected chi connectivity index (χ4v) is 3.30. The molecule has 0 aliphatic rings. The molecular formula is C4H10K4O12P4+2. The molecule has 2 N–H and O–H groups in total. The second-order valence-corrected chi connectivity index (χ2v) is 8.27. The van der Waals surface area contributed by atoms with Crippen LogP contribution in [0.1, 0.15) is 0 Å². The van der Waals surface area contributed by atoms with Crippen LogP contribution in [0.5, 0.6) is 0 Å².